The molecule has 0 aliphatic heterocycles. The lowest BCUT2D eigenvalue weighted by Crippen LogP contribution is -2.34. The lowest BCUT2D eigenvalue weighted by Gasteiger charge is -2.08. The SMILES string of the molecule is CCC(=O)NCCNC(=O)c1ccc(NC(=O)Cc2ccc(Br)cc2)cc1. The number of benzene rings is 2. The largest absolute Gasteiger partial charge is 0.354 e. The number of carbonyl (C=O) groups is 3. The molecule has 0 atom stereocenters. The predicted molar refractivity (Wildman–Crippen MR) is 109 cm³/mol. The molecule has 0 unspecified atom stereocenters. The molecule has 0 aliphatic carbocycles. The molecule has 0 aromatic heterocycles. The van der Waals surface area contributed by atoms with Gasteiger partial charge in [0.1, 0.15) is 0 Å². The first kappa shape index (κ1) is 20.6. The van der Waals surface area contributed by atoms with Crippen LogP contribution < -0.4 is 16.0 Å². The molecule has 2 aromatic rings. The molecule has 0 spiro atoms. The first-order valence-corrected chi connectivity index (χ1v) is 9.46. The zero-order valence-corrected chi connectivity index (χ0v) is 16.6. The van der Waals surface area contributed by atoms with E-state index in [1.165, 1.54) is 0 Å². The van der Waals surface area contributed by atoms with Gasteiger partial charge in [-0.25, -0.2) is 0 Å². The van der Waals surface area contributed by atoms with Crippen molar-refractivity contribution in [3.8, 4) is 0 Å². The second-order valence-corrected chi connectivity index (χ2v) is 6.80. The Morgan fingerprint density at radius 2 is 1.48 bits per heavy atom. The summed E-state index contributed by atoms with van der Waals surface area (Å²) in [6.45, 7) is 2.52. The summed E-state index contributed by atoms with van der Waals surface area (Å²) in [5.41, 5.74) is 2.04. The maximum absolute atomic E-state index is 12.1. The molecule has 0 fully saturated rings. The fraction of sp³-hybridized carbons (Fsp3) is 0.250. The molecular weight excluding hydrogens is 410 g/mol. The van der Waals surface area contributed by atoms with Gasteiger partial charge in [-0.3, -0.25) is 14.4 Å². The van der Waals surface area contributed by atoms with Crippen LogP contribution in [0.1, 0.15) is 29.3 Å². The smallest absolute Gasteiger partial charge is 0.251 e. The van der Waals surface area contributed by atoms with Crippen molar-refractivity contribution in [2.75, 3.05) is 18.4 Å². The van der Waals surface area contributed by atoms with Crippen molar-refractivity contribution in [1.82, 2.24) is 10.6 Å². The van der Waals surface area contributed by atoms with Crippen LogP contribution in [0.3, 0.4) is 0 Å². The minimum Gasteiger partial charge on any atom is -0.354 e. The van der Waals surface area contributed by atoms with Gasteiger partial charge in [0.25, 0.3) is 5.91 Å². The van der Waals surface area contributed by atoms with E-state index < -0.39 is 0 Å². The minimum atomic E-state index is -0.228. The molecule has 2 rings (SSSR count). The summed E-state index contributed by atoms with van der Waals surface area (Å²) in [5, 5.41) is 8.23. The zero-order chi connectivity index (χ0) is 19.6. The van der Waals surface area contributed by atoms with Crippen molar-refractivity contribution in [2.24, 2.45) is 0 Å². The van der Waals surface area contributed by atoms with Crippen LogP contribution in [0.25, 0.3) is 0 Å². The molecule has 142 valence electrons. The highest BCUT2D eigenvalue weighted by Gasteiger charge is 2.07. The van der Waals surface area contributed by atoms with Crippen LogP contribution in [0.2, 0.25) is 0 Å². The zero-order valence-electron chi connectivity index (χ0n) is 15.0. The summed E-state index contributed by atoms with van der Waals surface area (Å²) in [5.74, 6) is -0.401. The first-order valence-electron chi connectivity index (χ1n) is 8.67. The molecule has 0 aliphatic rings. The van der Waals surface area contributed by atoms with E-state index in [2.05, 4.69) is 31.9 Å². The number of amides is 3. The van der Waals surface area contributed by atoms with Crippen LogP contribution in [0.15, 0.2) is 53.0 Å². The van der Waals surface area contributed by atoms with Crippen molar-refractivity contribution in [2.45, 2.75) is 19.8 Å². The fourth-order valence-corrected chi connectivity index (χ4v) is 2.57. The quantitative estimate of drug-likeness (QED) is 0.561. The molecular formula is C20H22BrN3O3. The van der Waals surface area contributed by atoms with Crippen LogP contribution in [0.5, 0.6) is 0 Å². The highest BCUT2D eigenvalue weighted by molar-refractivity contribution is 9.10. The van der Waals surface area contributed by atoms with Crippen molar-refractivity contribution in [3.63, 3.8) is 0 Å². The summed E-state index contributed by atoms with van der Waals surface area (Å²) in [7, 11) is 0. The molecule has 3 N–H and O–H groups in total. The van der Waals surface area contributed by atoms with Gasteiger partial charge >= 0.3 is 0 Å². The van der Waals surface area contributed by atoms with E-state index in [0.29, 0.717) is 30.8 Å². The van der Waals surface area contributed by atoms with Crippen LogP contribution in [0, 0.1) is 0 Å². The van der Waals surface area contributed by atoms with E-state index >= 15 is 0 Å². The number of carbonyl (C=O) groups excluding carboxylic acids is 3. The second kappa shape index (κ2) is 10.5. The van der Waals surface area contributed by atoms with Crippen LogP contribution in [-0.2, 0) is 16.0 Å². The first-order chi connectivity index (χ1) is 13.0. The highest BCUT2D eigenvalue weighted by Crippen LogP contribution is 2.13. The third-order valence-electron chi connectivity index (χ3n) is 3.76. The van der Waals surface area contributed by atoms with E-state index in [4.69, 9.17) is 0 Å². The van der Waals surface area contributed by atoms with Crippen LogP contribution in [-0.4, -0.2) is 30.8 Å². The molecule has 6 nitrogen and oxygen atoms in total. The second-order valence-electron chi connectivity index (χ2n) is 5.89. The van der Waals surface area contributed by atoms with Gasteiger partial charge in [-0.15, -0.1) is 0 Å². The maximum atomic E-state index is 12.1. The van der Waals surface area contributed by atoms with E-state index in [9.17, 15) is 14.4 Å². The Hall–Kier alpha value is -2.67. The lowest BCUT2D eigenvalue weighted by atomic mass is 10.1. The average Bonchev–Trinajstić information content (AvgIpc) is 2.67. The molecule has 0 radical (unpaired) electrons. The minimum absolute atomic E-state index is 0.0486. The molecule has 2 aromatic carbocycles. The summed E-state index contributed by atoms with van der Waals surface area (Å²) < 4.78 is 0.966. The van der Waals surface area contributed by atoms with Crippen LogP contribution >= 0.6 is 15.9 Å². The topological polar surface area (TPSA) is 87.3 Å². The van der Waals surface area contributed by atoms with Crippen molar-refractivity contribution < 1.29 is 14.4 Å². The molecule has 0 bridgehead atoms. The summed E-state index contributed by atoms with van der Waals surface area (Å²) in [4.78, 5) is 35.3. The van der Waals surface area contributed by atoms with E-state index in [1.807, 2.05) is 24.3 Å². The number of halogens is 1. The maximum Gasteiger partial charge on any atom is 0.251 e. The lowest BCUT2D eigenvalue weighted by molar-refractivity contribution is -0.120. The predicted octanol–water partition coefficient (Wildman–Crippen LogP) is 2.89. The molecule has 7 heteroatoms. The number of rotatable bonds is 8. The average molecular weight is 432 g/mol. The van der Waals surface area contributed by atoms with Crippen molar-refractivity contribution in [1.29, 1.82) is 0 Å². The Balaban J connectivity index is 1.79. The van der Waals surface area contributed by atoms with E-state index in [1.54, 1.807) is 31.2 Å². The van der Waals surface area contributed by atoms with Gasteiger partial charge in [-0.05, 0) is 42.0 Å². The molecule has 3 amide bonds. The standard InChI is InChI=1S/C20H22BrN3O3/c1-2-18(25)22-11-12-23-20(27)15-5-9-17(10-6-15)24-19(26)13-14-3-7-16(21)8-4-14/h3-10H,2,11-13H2,1H3,(H,22,25)(H,23,27)(H,24,26). The summed E-state index contributed by atoms with van der Waals surface area (Å²) in [6, 6.07) is 14.2. The van der Waals surface area contributed by atoms with Gasteiger partial charge in [-0.2, -0.15) is 0 Å². The van der Waals surface area contributed by atoms with Crippen LogP contribution in [0.4, 0.5) is 5.69 Å². The number of hydrogen-bond acceptors (Lipinski definition) is 3. The van der Waals surface area contributed by atoms with Gasteiger partial charge in [0.15, 0.2) is 0 Å². The Labute approximate surface area is 166 Å². The van der Waals surface area contributed by atoms with E-state index in [0.717, 1.165) is 10.0 Å². The van der Waals surface area contributed by atoms with E-state index in [-0.39, 0.29) is 24.1 Å². The van der Waals surface area contributed by atoms with Crippen molar-refractivity contribution >= 4 is 39.3 Å². The Morgan fingerprint density at radius 3 is 2.11 bits per heavy atom. The Kier molecular flexibility index (Phi) is 8.00. The normalized spacial score (nSPS) is 10.1. The van der Waals surface area contributed by atoms with Gasteiger partial charge in [0.2, 0.25) is 11.8 Å². The Morgan fingerprint density at radius 1 is 0.852 bits per heavy atom. The Bertz CT molecular complexity index is 789. The summed E-state index contributed by atoms with van der Waals surface area (Å²) >= 11 is 3.36. The van der Waals surface area contributed by atoms with Gasteiger partial charge < -0.3 is 16.0 Å². The molecule has 0 saturated heterocycles. The highest BCUT2D eigenvalue weighted by atomic mass is 79.9. The van der Waals surface area contributed by atoms with Crippen molar-refractivity contribution in [3.05, 3.63) is 64.1 Å². The number of hydrogen-bond donors (Lipinski definition) is 3. The monoisotopic (exact) mass is 431 g/mol. The number of nitrogens with one attached hydrogen (secondary N) is 3. The summed E-state index contributed by atoms with van der Waals surface area (Å²) in [6.07, 6.45) is 0.696. The molecule has 0 heterocycles. The third-order valence-corrected chi connectivity index (χ3v) is 4.29. The molecule has 27 heavy (non-hydrogen) atoms. The fourth-order valence-electron chi connectivity index (χ4n) is 2.30. The number of anilines is 1. The van der Waals surface area contributed by atoms with Gasteiger partial charge in [-0.1, -0.05) is 35.0 Å². The van der Waals surface area contributed by atoms with Gasteiger partial charge in [0.05, 0.1) is 6.42 Å². The third kappa shape index (κ3) is 7.22. The molecule has 0 saturated carbocycles. The van der Waals surface area contributed by atoms with Gasteiger partial charge in [0, 0.05) is 35.2 Å².